The van der Waals surface area contributed by atoms with Crippen molar-refractivity contribution in [2.24, 2.45) is 0 Å². The van der Waals surface area contributed by atoms with Crippen LogP contribution in [0.2, 0.25) is 0 Å². The van der Waals surface area contributed by atoms with E-state index in [4.69, 9.17) is 4.74 Å². The third kappa shape index (κ3) is 4.87. The molecule has 0 aliphatic rings. The highest BCUT2D eigenvalue weighted by molar-refractivity contribution is 9.10. The number of benzene rings is 3. The highest BCUT2D eigenvalue weighted by atomic mass is 79.9. The zero-order valence-corrected chi connectivity index (χ0v) is 19.6. The van der Waals surface area contributed by atoms with Gasteiger partial charge in [0.15, 0.2) is 10.4 Å². The van der Waals surface area contributed by atoms with Crippen LogP contribution in [0.15, 0.2) is 95.7 Å². The number of hydrogen-bond donors (Lipinski definition) is 2. The lowest BCUT2D eigenvalue weighted by Gasteiger charge is -2.22. The molecule has 172 valence electrons. The lowest BCUT2D eigenvalue weighted by molar-refractivity contribution is 0.102. The number of H-pyrrole nitrogens is 1. The molecule has 2 N–H and O–H groups in total. The maximum Gasteiger partial charge on any atom is 0.425 e. The zero-order chi connectivity index (χ0) is 24.2. The van der Waals surface area contributed by atoms with Crippen molar-refractivity contribution in [3.8, 4) is 5.88 Å². The van der Waals surface area contributed by atoms with Gasteiger partial charge in [0, 0.05) is 5.56 Å². The summed E-state index contributed by atoms with van der Waals surface area (Å²) in [5.41, 5.74) is 2.15. The highest BCUT2D eigenvalue weighted by Crippen LogP contribution is 2.29. The van der Waals surface area contributed by atoms with Crippen molar-refractivity contribution in [1.29, 1.82) is 0 Å². The van der Waals surface area contributed by atoms with Crippen LogP contribution in [-0.2, 0) is 0 Å². The van der Waals surface area contributed by atoms with Gasteiger partial charge in [0.25, 0.3) is 11.8 Å². The van der Waals surface area contributed by atoms with Gasteiger partial charge in [-0.3, -0.25) is 10.1 Å². The predicted octanol–water partition coefficient (Wildman–Crippen LogP) is 5.70. The summed E-state index contributed by atoms with van der Waals surface area (Å²) in [6, 6.07) is 26.8. The Kier molecular flexibility index (Phi) is 6.18. The average molecular weight is 529 g/mol. The summed E-state index contributed by atoms with van der Waals surface area (Å²) < 4.78 is 6.10. The van der Waals surface area contributed by atoms with Crippen LogP contribution < -0.4 is 15.0 Å². The van der Waals surface area contributed by atoms with Crippen LogP contribution in [0.1, 0.15) is 10.4 Å². The maximum atomic E-state index is 13.4. The molecule has 0 fully saturated rings. The number of amides is 2. The first kappa shape index (κ1) is 22.2. The van der Waals surface area contributed by atoms with Gasteiger partial charge in [-0.15, -0.1) is 0 Å². The Hall–Kier alpha value is -4.57. The number of rotatable bonds is 5. The third-order valence-electron chi connectivity index (χ3n) is 4.95. The monoisotopic (exact) mass is 528 g/mol. The zero-order valence-electron chi connectivity index (χ0n) is 18.1. The van der Waals surface area contributed by atoms with E-state index in [1.54, 1.807) is 48.5 Å². The first-order valence-electron chi connectivity index (χ1n) is 10.5. The predicted molar refractivity (Wildman–Crippen MR) is 135 cm³/mol. The molecule has 10 heteroatoms. The minimum atomic E-state index is -0.701. The SMILES string of the molecule is O=C(Nc1nc(OC(=O)N(c2ccccc2)c2ccccc2)c2[nH]c(Br)nc2n1)c1ccccc1. The summed E-state index contributed by atoms with van der Waals surface area (Å²) in [5.74, 6) is -0.551. The number of para-hydroxylation sites is 2. The number of fused-ring (bicyclic) bond motifs is 1. The molecule has 0 spiro atoms. The molecule has 0 unspecified atom stereocenters. The Morgan fingerprint density at radius 2 is 1.37 bits per heavy atom. The molecule has 3 aromatic carbocycles. The smallest absolute Gasteiger partial charge is 0.388 e. The Bertz CT molecular complexity index is 1450. The van der Waals surface area contributed by atoms with Gasteiger partial charge < -0.3 is 9.72 Å². The molecule has 0 aliphatic carbocycles. The molecular formula is C25H17BrN6O3. The number of hydrogen-bond acceptors (Lipinski definition) is 6. The van der Waals surface area contributed by atoms with Crippen LogP contribution in [0.5, 0.6) is 5.88 Å². The number of aromatic nitrogens is 4. The first-order chi connectivity index (χ1) is 17.1. The van der Waals surface area contributed by atoms with Crippen LogP contribution in [0.25, 0.3) is 11.2 Å². The second kappa shape index (κ2) is 9.74. The molecule has 5 rings (SSSR count). The number of aromatic amines is 1. The van der Waals surface area contributed by atoms with Crippen LogP contribution >= 0.6 is 15.9 Å². The highest BCUT2D eigenvalue weighted by Gasteiger charge is 2.24. The van der Waals surface area contributed by atoms with E-state index in [1.807, 2.05) is 42.5 Å². The van der Waals surface area contributed by atoms with Gasteiger partial charge in [0.05, 0.1) is 11.4 Å². The third-order valence-corrected chi connectivity index (χ3v) is 5.32. The second-order valence-electron chi connectivity index (χ2n) is 7.27. The van der Waals surface area contributed by atoms with E-state index in [-0.39, 0.29) is 17.5 Å². The first-order valence-corrected chi connectivity index (χ1v) is 11.3. The van der Waals surface area contributed by atoms with Gasteiger partial charge in [0.1, 0.15) is 5.52 Å². The number of nitrogens with one attached hydrogen (secondary N) is 2. The number of ether oxygens (including phenoxy) is 1. The molecule has 0 atom stereocenters. The lowest BCUT2D eigenvalue weighted by Crippen LogP contribution is -2.29. The average Bonchev–Trinajstić information content (AvgIpc) is 3.26. The molecule has 5 aromatic rings. The van der Waals surface area contributed by atoms with E-state index < -0.39 is 12.0 Å². The van der Waals surface area contributed by atoms with E-state index in [0.717, 1.165) is 0 Å². The van der Waals surface area contributed by atoms with Crippen molar-refractivity contribution >= 4 is 56.4 Å². The largest absolute Gasteiger partial charge is 0.425 e. The van der Waals surface area contributed by atoms with E-state index >= 15 is 0 Å². The van der Waals surface area contributed by atoms with E-state index in [2.05, 4.69) is 41.2 Å². The molecule has 0 radical (unpaired) electrons. The number of nitrogens with zero attached hydrogens (tertiary/aromatic N) is 4. The summed E-state index contributed by atoms with van der Waals surface area (Å²) in [5, 5.41) is 2.63. The Morgan fingerprint density at radius 3 is 1.97 bits per heavy atom. The lowest BCUT2D eigenvalue weighted by atomic mass is 10.2. The molecular weight excluding hydrogens is 512 g/mol. The molecule has 9 nitrogen and oxygen atoms in total. The van der Waals surface area contributed by atoms with Gasteiger partial charge in [-0.2, -0.15) is 9.97 Å². The van der Waals surface area contributed by atoms with E-state index in [9.17, 15) is 9.59 Å². The minimum absolute atomic E-state index is 0.0564. The quantitative estimate of drug-likeness (QED) is 0.282. The molecule has 2 aromatic heterocycles. The number of anilines is 3. The second-order valence-corrected chi connectivity index (χ2v) is 8.02. The standard InChI is InChI=1S/C25H17BrN6O3/c26-23-27-19-20(28-23)29-24(30-21(33)16-10-4-1-5-11-16)31-22(19)35-25(34)32(17-12-6-2-7-13-17)18-14-8-3-9-15-18/h1-15H,(H2,27,28,29,30,31,33). The normalized spacial score (nSPS) is 10.7. The van der Waals surface area contributed by atoms with Gasteiger partial charge in [-0.05, 0) is 52.3 Å². The molecule has 35 heavy (non-hydrogen) atoms. The Morgan fingerprint density at radius 1 is 0.800 bits per heavy atom. The van der Waals surface area contributed by atoms with Crippen molar-refractivity contribution in [3.63, 3.8) is 0 Å². The van der Waals surface area contributed by atoms with Crippen LogP contribution in [0.3, 0.4) is 0 Å². The molecule has 0 aliphatic heterocycles. The number of carbonyl (C=O) groups is 2. The fraction of sp³-hybridized carbons (Fsp3) is 0. The van der Waals surface area contributed by atoms with E-state index in [1.165, 1.54) is 4.90 Å². The summed E-state index contributed by atoms with van der Waals surface area (Å²) in [7, 11) is 0. The van der Waals surface area contributed by atoms with Crippen LogP contribution in [-0.4, -0.2) is 31.9 Å². The molecule has 2 amide bonds. The maximum absolute atomic E-state index is 13.4. The Labute approximate surface area is 207 Å². The molecule has 0 saturated heterocycles. The molecule has 2 heterocycles. The molecule has 0 bridgehead atoms. The van der Waals surface area contributed by atoms with Gasteiger partial charge >= 0.3 is 6.09 Å². The fourth-order valence-electron chi connectivity index (χ4n) is 3.38. The summed E-state index contributed by atoms with van der Waals surface area (Å²) >= 11 is 3.27. The van der Waals surface area contributed by atoms with Gasteiger partial charge in [-0.25, -0.2) is 14.7 Å². The van der Waals surface area contributed by atoms with Crippen LogP contribution in [0, 0.1) is 0 Å². The Balaban J connectivity index is 1.51. The van der Waals surface area contributed by atoms with Crippen molar-refractivity contribution in [2.75, 3.05) is 10.2 Å². The summed E-state index contributed by atoms with van der Waals surface area (Å²) in [4.78, 5) is 43.2. The van der Waals surface area contributed by atoms with Crippen molar-refractivity contribution in [3.05, 3.63) is 101 Å². The summed E-state index contributed by atoms with van der Waals surface area (Å²) in [6.45, 7) is 0. The van der Waals surface area contributed by atoms with Gasteiger partial charge in [0.2, 0.25) is 5.95 Å². The molecule has 0 saturated carbocycles. The number of carbonyl (C=O) groups excluding carboxylic acids is 2. The van der Waals surface area contributed by atoms with Crippen LogP contribution in [0.4, 0.5) is 22.1 Å². The van der Waals surface area contributed by atoms with Crippen molar-refractivity contribution < 1.29 is 14.3 Å². The summed E-state index contributed by atoms with van der Waals surface area (Å²) in [6.07, 6.45) is -0.701. The van der Waals surface area contributed by atoms with Crippen molar-refractivity contribution in [2.45, 2.75) is 0 Å². The fourth-order valence-corrected chi connectivity index (χ4v) is 3.74. The number of halogens is 1. The van der Waals surface area contributed by atoms with Crippen molar-refractivity contribution in [1.82, 2.24) is 19.9 Å². The minimum Gasteiger partial charge on any atom is -0.388 e. The van der Waals surface area contributed by atoms with Gasteiger partial charge in [-0.1, -0.05) is 54.6 Å². The van der Waals surface area contributed by atoms with E-state index in [0.29, 0.717) is 27.2 Å². The topological polar surface area (TPSA) is 113 Å². The number of imidazole rings is 1.